The van der Waals surface area contributed by atoms with Crippen LogP contribution in [0.4, 0.5) is 11.5 Å². The lowest BCUT2D eigenvalue weighted by Crippen LogP contribution is -2.25. The third-order valence-electron chi connectivity index (χ3n) is 2.33. The van der Waals surface area contributed by atoms with E-state index < -0.39 is 0 Å². The standard InChI is InChI=1S/C12H18N4O/c1-9(2)17-7-6-16(3)12-11(14)10(8-13)4-5-15-12/h4-5,9H,6-7,14H2,1-3H3. The number of likely N-dealkylation sites (N-methyl/N-ethyl adjacent to an activating group) is 1. The Bertz CT molecular complexity index is 411. The molecule has 1 rings (SSSR count). The maximum Gasteiger partial charge on any atom is 0.152 e. The molecular formula is C12H18N4O. The summed E-state index contributed by atoms with van der Waals surface area (Å²) in [6.07, 6.45) is 1.79. The molecule has 92 valence electrons. The van der Waals surface area contributed by atoms with Crippen LogP contribution in [0.2, 0.25) is 0 Å². The van der Waals surface area contributed by atoms with Crippen LogP contribution in [0.15, 0.2) is 12.3 Å². The van der Waals surface area contributed by atoms with Crippen LogP contribution in [-0.4, -0.2) is 31.3 Å². The van der Waals surface area contributed by atoms with Crippen molar-refractivity contribution in [3.63, 3.8) is 0 Å². The molecule has 0 aliphatic heterocycles. The summed E-state index contributed by atoms with van der Waals surface area (Å²) in [4.78, 5) is 6.07. The highest BCUT2D eigenvalue weighted by Crippen LogP contribution is 2.21. The Morgan fingerprint density at radius 2 is 2.29 bits per heavy atom. The van der Waals surface area contributed by atoms with Crippen LogP contribution in [0.5, 0.6) is 0 Å². The molecule has 0 radical (unpaired) electrons. The molecule has 0 aliphatic carbocycles. The van der Waals surface area contributed by atoms with Crippen molar-refractivity contribution in [3.05, 3.63) is 17.8 Å². The van der Waals surface area contributed by atoms with E-state index in [0.29, 0.717) is 30.2 Å². The Kier molecular flexibility index (Phi) is 4.73. The van der Waals surface area contributed by atoms with E-state index >= 15 is 0 Å². The number of nitrogens with zero attached hydrogens (tertiary/aromatic N) is 3. The highest BCUT2D eigenvalue weighted by molar-refractivity contribution is 5.69. The second kappa shape index (κ2) is 6.06. The lowest BCUT2D eigenvalue weighted by molar-refractivity contribution is 0.0845. The largest absolute Gasteiger partial charge is 0.395 e. The van der Waals surface area contributed by atoms with Gasteiger partial charge in [-0.05, 0) is 19.9 Å². The number of nitriles is 1. The van der Waals surface area contributed by atoms with E-state index in [-0.39, 0.29) is 6.10 Å². The zero-order valence-corrected chi connectivity index (χ0v) is 10.5. The summed E-state index contributed by atoms with van der Waals surface area (Å²) in [5.41, 5.74) is 6.73. The molecule has 0 fully saturated rings. The van der Waals surface area contributed by atoms with Gasteiger partial charge in [0.25, 0.3) is 0 Å². The van der Waals surface area contributed by atoms with Crippen molar-refractivity contribution < 1.29 is 4.74 Å². The summed E-state index contributed by atoms with van der Waals surface area (Å²) in [5.74, 6) is 0.622. The summed E-state index contributed by atoms with van der Waals surface area (Å²) >= 11 is 0. The number of nitrogens with two attached hydrogens (primary N) is 1. The Morgan fingerprint density at radius 1 is 1.59 bits per heavy atom. The Morgan fingerprint density at radius 3 is 2.88 bits per heavy atom. The maximum absolute atomic E-state index is 8.87. The summed E-state index contributed by atoms with van der Waals surface area (Å²) in [6, 6.07) is 3.65. The van der Waals surface area contributed by atoms with Crippen molar-refractivity contribution in [3.8, 4) is 6.07 Å². The highest BCUT2D eigenvalue weighted by Gasteiger charge is 2.10. The summed E-state index contributed by atoms with van der Waals surface area (Å²) < 4.78 is 5.46. The van der Waals surface area contributed by atoms with Crippen LogP contribution in [-0.2, 0) is 4.74 Å². The number of hydrogen-bond donors (Lipinski definition) is 1. The number of rotatable bonds is 5. The van der Waals surface area contributed by atoms with Gasteiger partial charge in [0, 0.05) is 19.8 Å². The third kappa shape index (κ3) is 3.61. The normalized spacial score (nSPS) is 10.3. The van der Waals surface area contributed by atoms with E-state index in [1.165, 1.54) is 0 Å². The van der Waals surface area contributed by atoms with E-state index in [4.69, 9.17) is 15.7 Å². The van der Waals surface area contributed by atoms with Crippen LogP contribution in [0.25, 0.3) is 0 Å². The number of anilines is 2. The van der Waals surface area contributed by atoms with E-state index in [2.05, 4.69) is 4.98 Å². The molecular weight excluding hydrogens is 216 g/mol. The van der Waals surface area contributed by atoms with Gasteiger partial charge in [-0.25, -0.2) is 4.98 Å². The van der Waals surface area contributed by atoms with Crippen LogP contribution < -0.4 is 10.6 Å². The molecule has 5 nitrogen and oxygen atoms in total. The fourth-order valence-electron chi connectivity index (χ4n) is 1.40. The molecule has 0 aromatic carbocycles. The number of nitrogen functional groups attached to an aromatic ring is 1. The van der Waals surface area contributed by atoms with Crippen molar-refractivity contribution in [1.82, 2.24) is 4.98 Å². The minimum Gasteiger partial charge on any atom is -0.395 e. The average Bonchev–Trinajstić information content (AvgIpc) is 2.28. The van der Waals surface area contributed by atoms with Crippen molar-refractivity contribution in [2.45, 2.75) is 20.0 Å². The fraction of sp³-hybridized carbons (Fsp3) is 0.500. The van der Waals surface area contributed by atoms with Gasteiger partial charge in [-0.1, -0.05) is 0 Å². The SMILES string of the molecule is CC(C)OCCN(C)c1nccc(C#N)c1N. The zero-order valence-electron chi connectivity index (χ0n) is 10.5. The molecule has 1 aromatic rings. The van der Waals surface area contributed by atoms with Gasteiger partial charge in [0.05, 0.1) is 24.0 Å². The number of ether oxygens (including phenoxy) is 1. The van der Waals surface area contributed by atoms with Gasteiger partial charge in [-0.3, -0.25) is 0 Å². The van der Waals surface area contributed by atoms with Crippen molar-refractivity contribution in [1.29, 1.82) is 5.26 Å². The van der Waals surface area contributed by atoms with Gasteiger partial charge in [-0.15, -0.1) is 0 Å². The van der Waals surface area contributed by atoms with E-state index in [0.717, 1.165) is 0 Å². The first kappa shape index (κ1) is 13.3. The Hall–Kier alpha value is -1.80. The smallest absolute Gasteiger partial charge is 0.152 e. The molecule has 0 saturated carbocycles. The van der Waals surface area contributed by atoms with E-state index in [1.807, 2.05) is 31.9 Å². The third-order valence-corrected chi connectivity index (χ3v) is 2.33. The molecule has 0 saturated heterocycles. The molecule has 1 heterocycles. The molecule has 2 N–H and O–H groups in total. The Balaban J connectivity index is 2.69. The van der Waals surface area contributed by atoms with Crippen LogP contribution >= 0.6 is 0 Å². The van der Waals surface area contributed by atoms with Crippen molar-refractivity contribution in [2.75, 3.05) is 30.8 Å². The van der Waals surface area contributed by atoms with Gasteiger partial charge in [-0.2, -0.15) is 5.26 Å². The summed E-state index contributed by atoms with van der Waals surface area (Å²) in [5, 5.41) is 8.87. The second-order valence-corrected chi connectivity index (χ2v) is 4.05. The summed E-state index contributed by atoms with van der Waals surface area (Å²) in [7, 11) is 1.88. The molecule has 0 spiro atoms. The molecule has 0 aliphatic rings. The Labute approximate surface area is 102 Å². The van der Waals surface area contributed by atoms with Gasteiger partial charge in [0.2, 0.25) is 0 Å². The highest BCUT2D eigenvalue weighted by atomic mass is 16.5. The molecule has 0 bridgehead atoms. The molecule has 0 unspecified atom stereocenters. The lowest BCUT2D eigenvalue weighted by Gasteiger charge is -2.20. The minimum absolute atomic E-state index is 0.208. The summed E-state index contributed by atoms with van der Waals surface area (Å²) in [6.45, 7) is 5.27. The first-order valence-electron chi connectivity index (χ1n) is 5.53. The maximum atomic E-state index is 8.87. The van der Waals surface area contributed by atoms with Crippen LogP contribution in [0.1, 0.15) is 19.4 Å². The monoisotopic (exact) mass is 234 g/mol. The van der Waals surface area contributed by atoms with Gasteiger partial charge >= 0.3 is 0 Å². The number of aromatic nitrogens is 1. The van der Waals surface area contributed by atoms with Crippen molar-refractivity contribution >= 4 is 11.5 Å². The number of hydrogen-bond acceptors (Lipinski definition) is 5. The first-order chi connectivity index (χ1) is 8.06. The van der Waals surface area contributed by atoms with Crippen LogP contribution in [0.3, 0.4) is 0 Å². The predicted octanol–water partition coefficient (Wildman–Crippen LogP) is 1.40. The molecule has 0 amide bonds. The zero-order chi connectivity index (χ0) is 12.8. The number of pyridine rings is 1. The molecule has 17 heavy (non-hydrogen) atoms. The molecule has 1 aromatic heterocycles. The minimum atomic E-state index is 0.208. The fourth-order valence-corrected chi connectivity index (χ4v) is 1.40. The van der Waals surface area contributed by atoms with Crippen molar-refractivity contribution in [2.24, 2.45) is 0 Å². The first-order valence-corrected chi connectivity index (χ1v) is 5.53. The van der Waals surface area contributed by atoms with Gasteiger partial charge in [0.1, 0.15) is 6.07 Å². The van der Waals surface area contributed by atoms with Gasteiger partial charge < -0.3 is 15.4 Å². The predicted molar refractivity (Wildman–Crippen MR) is 67.7 cm³/mol. The molecule has 5 heteroatoms. The quantitative estimate of drug-likeness (QED) is 0.833. The van der Waals surface area contributed by atoms with Crippen LogP contribution in [0, 0.1) is 11.3 Å². The second-order valence-electron chi connectivity index (χ2n) is 4.05. The molecule has 0 atom stereocenters. The topological polar surface area (TPSA) is 75.2 Å². The van der Waals surface area contributed by atoms with E-state index in [9.17, 15) is 0 Å². The van der Waals surface area contributed by atoms with E-state index in [1.54, 1.807) is 12.3 Å². The van der Waals surface area contributed by atoms with Gasteiger partial charge in [0.15, 0.2) is 5.82 Å². The average molecular weight is 234 g/mol. The lowest BCUT2D eigenvalue weighted by atomic mass is 10.2.